The van der Waals surface area contributed by atoms with E-state index < -0.39 is 5.24 Å². The van der Waals surface area contributed by atoms with Crippen LogP contribution < -0.4 is 4.74 Å². The molecule has 0 saturated heterocycles. The molecule has 2 nitrogen and oxygen atoms in total. The molecule has 0 bridgehead atoms. The van der Waals surface area contributed by atoms with Crippen LogP contribution in [0, 0.1) is 6.92 Å². The van der Waals surface area contributed by atoms with Crippen LogP contribution in [-0.2, 0) is 0 Å². The van der Waals surface area contributed by atoms with Crippen LogP contribution in [0.1, 0.15) is 15.2 Å². The number of hydrogen-bond donors (Lipinski definition) is 0. The lowest BCUT2D eigenvalue weighted by Gasteiger charge is -1.98. The van der Waals surface area contributed by atoms with E-state index >= 15 is 0 Å². The summed E-state index contributed by atoms with van der Waals surface area (Å²) >= 11 is 7.09. The second-order valence-electron chi connectivity index (χ2n) is 3.17. The van der Waals surface area contributed by atoms with Gasteiger partial charge in [0.2, 0.25) is 0 Å². The summed E-state index contributed by atoms with van der Waals surface area (Å²) in [6.45, 7) is 1.90. The maximum atomic E-state index is 11.2. The van der Waals surface area contributed by atoms with Gasteiger partial charge in [-0.2, -0.15) is 0 Å². The number of thiophene rings is 1. The predicted octanol–water partition coefficient (Wildman–Crippen LogP) is 3.60. The molecule has 0 aliphatic heterocycles. The predicted molar refractivity (Wildman–Crippen MR) is 63.3 cm³/mol. The Kier molecular flexibility index (Phi) is 2.67. The maximum Gasteiger partial charge on any atom is 0.254 e. The molecule has 0 amide bonds. The van der Waals surface area contributed by atoms with E-state index in [-0.39, 0.29) is 0 Å². The number of rotatable bonds is 2. The van der Waals surface area contributed by atoms with Gasteiger partial charge in [-0.1, -0.05) is 0 Å². The van der Waals surface area contributed by atoms with E-state index in [1.54, 1.807) is 18.4 Å². The summed E-state index contributed by atoms with van der Waals surface area (Å²) in [5, 5.41) is 0.502. The van der Waals surface area contributed by atoms with Gasteiger partial charge < -0.3 is 4.74 Å². The van der Waals surface area contributed by atoms with Crippen LogP contribution in [0.25, 0.3) is 10.1 Å². The summed E-state index contributed by atoms with van der Waals surface area (Å²) in [6.07, 6.45) is 0. The van der Waals surface area contributed by atoms with E-state index in [1.165, 1.54) is 0 Å². The fourth-order valence-corrected chi connectivity index (χ4v) is 2.96. The third-order valence-electron chi connectivity index (χ3n) is 2.27. The minimum atomic E-state index is -0.399. The van der Waals surface area contributed by atoms with Gasteiger partial charge in [0, 0.05) is 15.0 Å². The first kappa shape index (κ1) is 10.5. The second kappa shape index (κ2) is 3.83. The van der Waals surface area contributed by atoms with Gasteiger partial charge in [-0.3, -0.25) is 4.79 Å². The monoisotopic (exact) mass is 240 g/mol. The Labute approximate surface area is 96.4 Å². The van der Waals surface area contributed by atoms with Crippen molar-refractivity contribution in [1.29, 1.82) is 0 Å². The molecule has 1 aromatic heterocycles. The fraction of sp³-hybridized carbons (Fsp3) is 0.182. The zero-order chi connectivity index (χ0) is 11.0. The molecule has 0 spiro atoms. The average Bonchev–Trinajstić information content (AvgIpc) is 2.52. The number of ether oxygens (including phenoxy) is 1. The number of halogens is 1. The Morgan fingerprint density at radius 1 is 1.47 bits per heavy atom. The SMILES string of the molecule is COc1ccc2c(C(=O)Cl)c(C)sc2c1. The molecule has 78 valence electrons. The van der Waals surface area contributed by atoms with E-state index in [4.69, 9.17) is 16.3 Å². The van der Waals surface area contributed by atoms with Gasteiger partial charge >= 0.3 is 0 Å². The average molecular weight is 241 g/mol. The van der Waals surface area contributed by atoms with E-state index in [0.717, 1.165) is 20.7 Å². The van der Waals surface area contributed by atoms with Crippen molar-refractivity contribution in [2.45, 2.75) is 6.92 Å². The van der Waals surface area contributed by atoms with Gasteiger partial charge in [0.25, 0.3) is 5.24 Å². The van der Waals surface area contributed by atoms with Crippen molar-refractivity contribution in [3.05, 3.63) is 28.6 Å². The number of fused-ring (bicyclic) bond motifs is 1. The molecule has 0 fully saturated rings. The van der Waals surface area contributed by atoms with Crippen LogP contribution in [0.4, 0.5) is 0 Å². The number of benzene rings is 1. The van der Waals surface area contributed by atoms with Gasteiger partial charge in [0.15, 0.2) is 0 Å². The highest BCUT2D eigenvalue weighted by molar-refractivity contribution is 7.19. The first-order chi connectivity index (χ1) is 7.13. The molecule has 0 unspecified atom stereocenters. The molecule has 0 radical (unpaired) electrons. The Balaban J connectivity index is 2.74. The first-order valence-corrected chi connectivity index (χ1v) is 5.60. The molecule has 0 aliphatic rings. The van der Waals surface area contributed by atoms with Crippen molar-refractivity contribution in [2.75, 3.05) is 7.11 Å². The largest absolute Gasteiger partial charge is 0.497 e. The van der Waals surface area contributed by atoms with Crippen LogP contribution in [0.15, 0.2) is 18.2 Å². The number of carbonyl (C=O) groups excluding carboxylic acids is 1. The summed E-state index contributed by atoms with van der Waals surface area (Å²) < 4.78 is 6.14. The van der Waals surface area contributed by atoms with E-state index in [1.807, 2.05) is 25.1 Å². The minimum Gasteiger partial charge on any atom is -0.497 e. The van der Waals surface area contributed by atoms with Crippen molar-refractivity contribution >= 4 is 38.3 Å². The standard InChI is InChI=1S/C11H9ClO2S/c1-6-10(11(12)13)8-4-3-7(14-2)5-9(8)15-6/h3-5H,1-2H3. The Morgan fingerprint density at radius 2 is 2.20 bits per heavy atom. The Hall–Kier alpha value is -1.06. The molecule has 0 atom stereocenters. The highest BCUT2D eigenvalue weighted by Crippen LogP contribution is 2.34. The molecular weight excluding hydrogens is 232 g/mol. The summed E-state index contributed by atoms with van der Waals surface area (Å²) in [5.74, 6) is 0.789. The quantitative estimate of drug-likeness (QED) is 0.750. The molecule has 4 heteroatoms. The molecule has 1 heterocycles. The van der Waals surface area contributed by atoms with Gasteiger partial charge in [0.1, 0.15) is 5.75 Å². The van der Waals surface area contributed by atoms with Crippen molar-refractivity contribution < 1.29 is 9.53 Å². The zero-order valence-electron chi connectivity index (χ0n) is 8.33. The van der Waals surface area contributed by atoms with Gasteiger partial charge in [-0.25, -0.2) is 0 Å². The number of carbonyl (C=O) groups is 1. The molecule has 1 aromatic carbocycles. The summed E-state index contributed by atoms with van der Waals surface area (Å²) in [6, 6.07) is 5.61. The van der Waals surface area contributed by atoms with Crippen LogP contribution in [0.3, 0.4) is 0 Å². The van der Waals surface area contributed by atoms with E-state index in [9.17, 15) is 4.79 Å². The van der Waals surface area contributed by atoms with Gasteiger partial charge in [0.05, 0.1) is 12.7 Å². The number of methoxy groups -OCH3 is 1. The lowest BCUT2D eigenvalue weighted by Crippen LogP contribution is -1.88. The third-order valence-corrected chi connectivity index (χ3v) is 3.53. The lowest BCUT2D eigenvalue weighted by atomic mass is 10.1. The Bertz CT molecular complexity index is 531. The molecule has 0 aliphatic carbocycles. The summed E-state index contributed by atoms with van der Waals surface area (Å²) in [5.41, 5.74) is 0.610. The molecule has 0 N–H and O–H groups in total. The van der Waals surface area contributed by atoms with Crippen molar-refractivity contribution in [3.63, 3.8) is 0 Å². The zero-order valence-corrected chi connectivity index (χ0v) is 9.91. The summed E-state index contributed by atoms with van der Waals surface area (Å²) in [4.78, 5) is 12.2. The normalized spacial score (nSPS) is 10.6. The Morgan fingerprint density at radius 3 is 2.80 bits per heavy atom. The minimum absolute atomic E-state index is 0.399. The molecule has 0 saturated carbocycles. The molecule has 15 heavy (non-hydrogen) atoms. The highest BCUT2D eigenvalue weighted by atomic mass is 35.5. The van der Waals surface area contributed by atoms with Crippen molar-refractivity contribution in [2.24, 2.45) is 0 Å². The fourth-order valence-electron chi connectivity index (χ4n) is 1.57. The summed E-state index contributed by atoms with van der Waals surface area (Å²) in [7, 11) is 1.62. The van der Waals surface area contributed by atoms with Crippen molar-refractivity contribution in [1.82, 2.24) is 0 Å². The van der Waals surface area contributed by atoms with Crippen LogP contribution in [-0.4, -0.2) is 12.4 Å². The van der Waals surface area contributed by atoms with Crippen LogP contribution >= 0.6 is 22.9 Å². The van der Waals surface area contributed by atoms with Crippen molar-refractivity contribution in [3.8, 4) is 5.75 Å². The van der Waals surface area contributed by atoms with E-state index in [0.29, 0.717) is 5.56 Å². The first-order valence-electron chi connectivity index (χ1n) is 4.40. The third kappa shape index (κ3) is 1.73. The lowest BCUT2D eigenvalue weighted by molar-refractivity contribution is 0.108. The maximum absolute atomic E-state index is 11.2. The highest BCUT2D eigenvalue weighted by Gasteiger charge is 2.14. The molecular formula is C11H9ClO2S. The van der Waals surface area contributed by atoms with Crippen LogP contribution in [0.2, 0.25) is 0 Å². The number of hydrogen-bond acceptors (Lipinski definition) is 3. The topological polar surface area (TPSA) is 26.3 Å². The number of aryl methyl sites for hydroxylation is 1. The molecule has 2 rings (SSSR count). The van der Waals surface area contributed by atoms with Crippen LogP contribution in [0.5, 0.6) is 5.75 Å². The van der Waals surface area contributed by atoms with Gasteiger partial charge in [-0.05, 0) is 36.7 Å². The van der Waals surface area contributed by atoms with Gasteiger partial charge in [-0.15, -0.1) is 11.3 Å². The second-order valence-corrected chi connectivity index (χ2v) is 4.77. The smallest absolute Gasteiger partial charge is 0.254 e. The molecule has 2 aromatic rings. The van der Waals surface area contributed by atoms with E-state index in [2.05, 4.69) is 0 Å².